The predicted molar refractivity (Wildman–Crippen MR) is 70.3 cm³/mol. The molecule has 90 valence electrons. The highest BCUT2D eigenvalue weighted by Gasteiger charge is 2.14. The average Bonchev–Trinajstić information content (AvgIpc) is 2.33. The summed E-state index contributed by atoms with van der Waals surface area (Å²) >= 11 is 11.8. The van der Waals surface area contributed by atoms with Crippen LogP contribution in [-0.2, 0) is 12.9 Å². The van der Waals surface area contributed by atoms with E-state index in [2.05, 4.69) is 0 Å². The first-order valence-electron chi connectivity index (χ1n) is 5.01. The Hall–Kier alpha value is -1.19. The first kappa shape index (κ1) is 12.3. The number of hydrogen-bond acceptors (Lipinski definition) is 2. The van der Waals surface area contributed by atoms with E-state index >= 15 is 0 Å². The number of rotatable bonds is 2. The molecule has 3 nitrogen and oxygen atoms in total. The van der Waals surface area contributed by atoms with E-state index in [-0.39, 0.29) is 11.4 Å². The van der Waals surface area contributed by atoms with Crippen molar-refractivity contribution in [2.24, 2.45) is 7.05 Å². The van der Waals surface area contributed by atoms with Gasteiger partial charge >= 0.3 is 0 Å². The number of hydrogen-bond donors (Lipinski definition) is 0. The van der Waals surface area contributed by atoms with E-state index < -0.39 is 0 Å². The van der Waals surface area contributed by atoms with E-state index in [1.54, 1.807) is 32.4 Å². The van der Waals surface area contributed by atoms with Crippen LogP contribution in [0.15, 0.2) is 23.0 Å². The molecule has 0 aliphatic carbocycles. The van der Waals surface area contributed by atoms with Gasteiger partial charge in [-0.3, -0.25) is 4.79 Å². The van der Waals surface area contributed by atoms with Gasteiger partial charge in [0.2, 0.25) is 0 Å². The summed E-state index contributed by atoms with van der Waals surface area (Å²) in [6, 6.07) is 5.14. The van der Waals surface area contributed by atoms with Gasteiger partial charge in [-0.2, -0.15) is 0 Å². The van der Waals surface area contributed by atoms with Gasteiger partial charge in [0, 0.05) is 17.5 Å². The summed E-state index contributed by atoms with van der Waals surface area (Å²) in [6.45, 7) is 0. The fourth-order valence-electron chi connectivity index (χ4n) is 1.88. The predicted octanol–water partition coefficient (Wildman–Crippen LogP) is 2.94. The van der Waals surface area contributed by atoms with Crippen LogP contribution >= 0.6 is 23.2 Å². The molecule has 17 heavy (non-hydrogen) atoms. The lowest BCUT2D eigenvalue weighted by atomic mass is 10.1. The van der Waals surface area contributed by atoms with Gasteiger partial charge in [-0.05, 0) is 18.2 Å². The molecule has 0 spiro atoms. The summed E-state index contributed by atoms with van der Waals surface area (Å²) in [5.74, 6) is 0.835. The van der Waals surface area contributed by atoms with Gasteiger partial charge in [0.05, 0.1) is 24.1 Å². The van der Waals surface area contributed by atoms with Crippen molar-refractivity contribution in [1.82, 2.24) is 4.57 Å². The minimum atomic E-state index is -0.126. The average molecular weight is 272 g/mol. The molecule has 1 aromatic heterocycles. The number of aromatic nitrogens is 1. The molecule has 0 radical (unpaired) electrons. The smallest absolute Gasteiger partial charge is 0.258 e. The van der Waals surface area contributed by atoms with Gasteiger partial charge in [0.15, 0.2) is 0 Å². The van der Waals surface area contributed by atoms with E-state index in [0.29, 0.717) is 21.9 Å². The number of methoxy groups -OCH3 is 1. The minimum Gasteiger partial charge on any atom is -0.494 e. The lowest BCUT2D eigenvalue weighted by Crippen LogP contribution is -2.21. The maximum atomic E-state index is 12.1. The minimum absolute atomic E-state index is 0.126. The van der Waals surface area contributed by atoms with Crippen molar-refractivity contribution in [3.8, 4) is 5.75 Å². The first-order valence-corrected chi connectivity index (χ1v) is 5.92. The molecule has 0 aliphatic rings. The molecule has 0 saturated heterocycles. The SMILES string of the molecule is COc1c(CCl)n(C)c(=O)c2cc(Cl)ccc12. The fraction of sp³-hybridized carbons (Fsp3) is 0.250. The number of nitrogens with zero attached hydrogens (tertiary/aromatic N) is 1. The molecule has 1 heterocycles. The third kappa shape index (κ3) is 1.90. The van der Waals surface area contributed by atoms with Gasteiger partial charge in [0.1, 0.15) is 5.75 Å². The zero-order valence-corrected chi connectivity index (χ0v) is 11.0. The normalized spacial score (nSPS) is 10.8. The zero-order chi connectivity index (χ0) is 12.6. The Balaban J connectivity index is 3.01. The van der Waals surface area contributed by atoms with Crippen molar-refractivity contribution >= 4 is 34.0 Å². The molecule has 1 aromatic carbocycles. The van der Waals surface area contributed by atoms with Crippen LogP contribution in [0.1, 0.15) is 5.69 Å². The summed E-state index contributed by atoms with van der Waals surface area (Å²) in [4.78, 5) is 12.1. The van der Waals surface area contributed by atoms with Crippen molar-refractivity contribution in [2.75, 3.05) is 7.11 Å². The van der Waals surface area contributed by atoms with E-state index in [9.17, 15) is 4.79 Å². The monoisotopic (exact) mass is 271 g/mol. The van der Waals surface area contributed by atoms with Gasteiger partial charge in [0.25, 0.3) is 5.56 Å². The quantitative estimate of drug-likeness (QED) is 0.787. The summed E-state index contributed by atoms with van der Waals surface area (Å²) in [5.41, 5.74) is 0.535. The maximum absolute atomic E-state index is 12.1. The second-order valence-corrected chi connectivity index (χ2v) is 4.37. The molecule has 2 aromatic rings. The van der Waals surface area contributed by atoms with E-state index in [1.165, 1.54) is 4.57 Å². The van der Waals surface area contributed by atoms with Crippen LogP contribution in [0, 0.1) is 0 Å². The molecule has 0 atom stereocenters. The molecular formula is C12H11Cl2NO2. The fourth-order valence-corrected chi connectivity index (χ4v) is 2.35. The van der Waals surface area contributed by atoms with E-state index in [4.69, 9.17) is 27.9 Å². The molecule has 0 fully saturated rings. The Labute approximate surface area is 109 Å². The molecule has 0 N–H and O–H groups in total. The highest BCUT2D eigenvalue weighted by atomic mass is 35.5. The number of ether oxygens (including phenoxy) is 1. The van der Waals surface area contributed by atoms with Crippen LogP contribution in [0.3, 0.4) is 0 Å². The van der Waals surface area contributed by atoms with Crippen LogP contribution in [0.4, 0.5) is 0 Å². The lowest BCUT2D eigenvalue weighted by molar-refractivity contribution is 0.410. The van der Waals surface area contributed by atoms with Gasteiger partial charge in [-0.25, -0.2) is 0 Å². The Bertz CT molecular complexity index is 634. The van der Waals surface area contributed by atoms with Crippen LogP contribution in [0.2, 0.25) is 5.02 Å². The molecule has 0 unspecified atom stereocenters. The Kier molecular flexibility index (Phi) is 3.31. The molecule has 0 amide bonds. The highest BCUT2D eigenvalue weighted by Crippen LogP contribution is 2.29. The summed E-state index contributed by atoms with van der Waals surface area (Å²) in [6.07, 6.45) is 0. The Morgan fingerprint density at radius 3 is 2.65 bits per heavy atom. The van der Waals surface area contributed by atoms with Crippen molar-refractivity contribution < 1.29 is 4.74 Å². The molecule has 5 heteroatoms. The largest absolute Gasteiger partial charge is 0.494 e. The van der Waals surface area contributed by atoms with E-state index in [0.717, 1.165) is 5.39 Å². The Morgan fingerprint density at radius 2 is 2.06 bits per heavy atom. The zero-order valence-electron chi connectivity index (χ0n) is 9.46. The van der Waals surface area contributed by atoms with Crippen LogP contribution in [0.5, 0.6) is 5.75 Å². The lowest BCUT2D eigenvalue weighted by Gasteiger charge is -2.14. The Morgan fingerprint density at radius 1 is 1.35 bits per heavy atom. The number of benzene rings is 1. The molecule has 0 aliphatic heterocycles. The van der Waals surface area contributed by atoms with Crippen molar-refractivity contribution in [3.05, 3.63) is 39.3 Å². The van der Waals surface area contributed by atoms with Crippen LogP contribution in [-0.4, -0.2) is 11.7 Å². The second kappa shape index (κ2) is 4.59. The number of alkyl halides is 1. The second-order valence-electron chi connectivity index (χ2n) is 3.67. The van der Waals surface area contributed by atoms with Gasteiger partial charge in [-0.1, -0.05) is 11.6 Å². The number of fused-ring (bicyclic) bond motifs is 1. The van der Waals surface area contributed by atoms with Crippen molar-refractivity contribution in [1.29, 1.82) is 0 Å². The third-order valence-corrected chi connectivity index (χ3v) is 3.25. The third-order valence-electron chi connectivity index (χ3n) is 2.76. The molecule has 0 bridgehead atoms. The topological polar surface area (TPSA) is 31.2 Å². The van der Waals surface area contributed by atoms with Gasteiger partial charge in [-0.15, -0.1) is 11.6 Å². The van der Waals surface area contributed by atoms with Crippen molar-refractivity contribution in [2.45, 2.75) is 5.88 Å². The van der Waals surface area contributed by atoms with Crippen LogP contribution < -0.4 is 10.3 Å². The number of pyridine rings is 1. The standard InChI is InChI=1S/C12H11Cl2NO2/c1-15-10(6-13)11(17-2)8-4-3-7(14)5-9(8)12(15)16/h3-5H,6H2,1-2H3. The first-order chi connectivity index (χ1) is 8.10. The summed E-state index contributed by atoms with van der Waals surface area (Å²) in [7, 11) is 3.23. The van der Waals surface area contributed by atoms with E-state index in [1.807, 2.05) is 0 Å². The van der Waals surface area contributed by atoms with Crippen LogP contribution in [0.25, 0.3) is 10.8 Å². The molecular weight excluding hydrogens is 261 g/mol. The summed E-state index contributed by atoms with van der Waals surface area (Å²) in [5, 5.41) is 1.79. The summed E-state index contributed by atoms with van der Waals surface area (Å²) < 4.78 is 6.83. The molecule has 2 rings (SSSR count). The molecule has 0 saturated carbocycles. The number of halogens is 2. The van der Waals surface area contributed by atoms with Gasteiger partial charge < -0.3 is 9.30 Å². The van der Waals surface area contributed by atoms with Crippen molar-refractivity contribution in [3.63, 3.8) is 0 Å². The highest BCUT2D eigenvalue weighted by molar-refractivity contribution is 6.31. The maximum Gasteiger partial charge on any atom is 0.258 e.